The molecule has 1 rings (SSSR count). The second kappa shape index (κ2) is 13.4. The molecule has 0 N–H and O–H groups in total. The minimum absolute atomic E-state index is 0.0916. The molecule has 0 heterocycles. The predicted molar refractivity (Wildman–Crippen MR) is 139 cm³/mol. The summed E-state index contributed by atoms with van der Waals surface area (Å²) in [6, 6.07) is 9.52. The van der Waals surface area contributed by atoms with Crippen LogP contribution in [0.3, 0.4) is 0 Å². The van der Waals surface area contributed by atoms with Gasteiger partial charge in [0.2, 0.25) is 0 Å². The van der Waals surface area contributed by atoms with Gasteiger partial charge in [0.25, 0.3) is 0 Å². The third-order valence-electron chi connectivity index (χ3n) is 4.91. The van der Waals surface area contributed by atoms with Gasteiger partial charge in [-0.1, -0.05) is 123 Å². The van der Waals surface area contributed by atoms with Crippen LogP contribution in [0.5, 0.6) is 0 Å². The molecule has 0 bridgehead atoms. The van der Waals surface area contributed by atoms with E-state index in [1.165, 1.54) is 23.5 Å². The number of hydrogen-bond acceptors (Lipinski definition) is 1. The van der Waals surface area contributed by atoms with Crippen molar-refractivity contribution in [2.24, 2.45) is 0 Å². The molecule has 1 aromatic rings. The molecular formula is C25H45ClOP2Ru. The number of rotatable bonds is 4. The molecule has 176 valence electrons. The molecule has 0 spiro atoms. The molecule has 0 aromatic heterocycles. The van der Waals surface area contributed by atoms with Crippen LogP contribution in [0, 0.1) is 0 Å². The molecule has 0 aliphatic rings. The van der Waals surface area contributed by atoms with E-state index in [9.17, 15) is 0 Å². The van der Waals surface area contributed by atoms with E-state index in [0.29, 0.717) is 20.6 Å². The number of carbonyl (C=O) groups excluding carboxylic acids is 1. The van der Waals surface area contributed by atoms with Crippen molar-refractivity contribution in [1.82, 2.24) is 0 Å². The van der Waals surface area contributed by atoms with Crippen molar-refractivity contribution >= 4 is 32.3 Å². The number of hydrogen-bond donors (Lipinski definition) is 0. The summed E-state index contributed by atoms with van der Waals surface area (Å²) in [4.78, 5) is 7.75. The van der Waals surface area contributed by atoms with Gasteiger partial charge in [0.05, 0.1) is 0 Å². The third-order valence-corrected chi connectivity index (χ3v) is 12.8. The number of halogens is 1. The van der Waals surface area contributed by atoms with Crippen LogP contribution in [-0.4, -0.2) is 27.4 Å². The predicted octanol–water partition coefficient (Wildman–Crippen LogP) is 9.26. The van der Waals surface area contributed by atoms with Gasteiger partial charge in [-0.25, -0.2) is 0 Å². The Balaban J connectivity index is 0. The Labute approximate surface area is 205 Å². The van der Waals surface area contributed by atoms with Crippen molar-refractivity contribution in [2.45, 2.75) is 116 Å². The van der Waals surface area contributed by atoms with Crippen LogP contribution in [0.25, 0.3) is 0 Å². The van der Waals surface area contributed by atoms with Gasteiger partial charge in [0.15, 0.2) is 0 Å². The standard InChI is InChI=1S/C24H44P2.CHO.ClH.Ru/c1-21(2,3)25(22(4,5)6)17-19-14-13-15-20(16-19)18-26(23(7,8)9)24(10,11)12;1-2;;/h13-16H,17-18H2,1-12H3;1H;1H;/q;-1;;+2/p-1. The van der Waals surface area contributed by atoms with Crippen LogP contribution in [0.15, 0.2) is 24.3 Å². The first-order valence-electron chi connectivity index (χ1n) is 10.4. The van der Waals surface area contributed by atoms with Gasteiger partial charge in [-0.2, -0.15) is 0 Å². The number of benzene rings is 1. The molecule has 0 unspecified atom stereocenters. The molecular weight excluding hydrogens is 515 g/mol. The zero-order valence-electron chi connectivity index (χ0n) is 21.3. The SMILES string of the molecule is CC(C)(C)P(Cc1cccc(CP(C(C)(C)C)C(C)(C)C)c1)C(C)(C)C.[CH-]=O.[Cl][Ru+]. The van der Waals surface area contributed by atoms with Crippen LogP contribution in [0.2, 0.25) is 0 Å². The fraction of sp³-hybridized carbons (Fsp3) is 0.720. The van der Waals surface area contributed by atoms with Gasteiger partial charge in [-0.3, -0.25) is 6.79 Å². The van der Waals surface area contributed by atoms with E-state index in [-0.39, 0.29) is 15.8 Å². The second-order valence-corrected chi connectivity index (χ2v) is 19.4. The molecule has 0 saturated heterocycles. The molecule has 0 amide bonds. The zero-order valence-corrected chi connectivity index (χ0v) is 25.6. The summed E-state index contributed by atoms with van der Waals surface area (Å²) in [5.74, 6) is 0. The van der Waals surface area contributed by atoms with E-state index in [1.807, 2.05) is 17.3 Å². The van der Waals surface area contributed by atoms with E-state index in [1.54, 1.807) is 0 Å². The molecule has 30 heavy (non-hydrogen) atoms. The topological polar surface area (TPSA) is 17.1 Å². The molecule has 0 aliphatic carbocycles. The van der Waals surface area contributed by atoms with Crippen molar-refractivity contribution in [1.29, 1.82) is 0 Å². The summed E-state index contributed by atoms with van der Waals surface area (Å²) in [6.45, 7) is 32.3. The average Bonchev–Trinajstić information content (AvgIpc) is 2.58. The van der Waals surface area contributed by atoms with E-state index >= 15 is 0 Å². The van der Waals surface area contributed by atoms with E-state index in [4.69, 9.17) is 4.79 Å². The monoisotopic (exact) mass is 560 g/mol. The Bertz CT molecular complexity index is 530. The van der Waals surface area contributed by atoms with Crippen molar-refractivity contribution in [3.05, 3.63) is 35.4 Å². The van der Waals surface area contributed by atoms with Crippen LogP contribution in [0.1, 0.15) is 94.2 Å². The quantitative estimate of drug-likeness (QED) is 0.155. The molecule has 0 fully saturated rings. The summed E-state index contributed by atoms with van der Waals surface area (Å²) in [5.41, 5.74) is 3.08. The fourth-order valence-electron chi connectivity index (χ4n) is 4.15. The van der Waals surface area contributed by atoms with Gasteiger partial charge in [-0.15, -0.1) is 0 Å². The summed E-state index contributed by atoms with van der Waals surface area (Å²) >= 11 is 1.82. The van der Waals surface area contributed by atoms with Crippen molar-refractivity contribution < 1.29 is 22.1 Å². The maximum absolute atomic E-state index is 7.75. The molecule has 0 radical (unpaired) electrons. The van der Waals surface area contributed by atoms with E-state index in [2.05, 4.69) is 124 Å². The van der Waals surface area contributed by atoms with Crippen LogP contribution in [0.4, 0.5) is 0 Å². The fourth-order valence-corrected chi connectivity index (χ4v) is 11.2. The van der Waals surface area contributed by atoms with Crippen LogP contribution in [-0.2, 0) is 34.4 Å². The Kier molecular flexibility index (Phi) is 14.7. The van der Waals surface area contributed by atoms with Crippen LogP contribution < -0.4 is 0 Å². The van der Waals surface area contributed by atoms with Gasteiger partial charge < -0.3 is 4.79 Å². The molecule has 1 nitrogen and oxygen atoms in total. The Morgan fingerprint density at radius 2 is 0.900 bits per heavy atom. The van der Waals surface area contributed by atoms with Gasteiger partial charge in [0.1, 0.15) is 0 Å². The normalized spacial score (nSPS) is 12.8. The summed E-state index contributed by atoms with van der Waals surface area (Å²) < 4.78 is 0. The Hall–Kier alpha value is 0.663. The second-order valence-electron chi connectivity index (χ2n) is 11.7. The van der Waals surface area contributed by atoms with Crippen molar-refractivity contribution in [3.8, 4) is 0 Å². The first kappa shape index (κ1) is 32.8. The third kappa shape index (κ3) is 12.1. The summed E-state index contributed by atoms with van der Waals surface area (Å²) in [5, 5.41) is 1.53. The molecule has 0 aliphatic heterocycles. The van der Waals surface area contributed by atoms with Gasteiger partial charge >= 0.3 is 27.0 Å². The first-order valence-corrected chi connectivity index (χ1v) is 15.7. The summed E-state index contributed by atoms with van der Waals surface area (Å²) in [6.07, 6.45) is 2.47. The van der Waals surface area contributed by atoms with Crippen molar-refractivity contribution in [3.63, 3.8) is 0 Å². The molecule has 0 saturated carbocycles. The van der Waals surface area contributed by atoms with Crippen molar-refractivity contribution in [2.75, 3.05) is 0 Å². The average molecular weight is 560 g/mol. The maximum atomic E-state index is 7.75. The summed E-state index contributed by atoms with van der Waals surface area (Å²) in [7, 11) is 4.39. The molecule has 0 atom stereocenters. The zero-order chi connectivity index (χ0) is 24.6. The van der Waals surface area contributed by atoms with E-state index < -0.39 is 0 Å². The van der Waals surface area contributed by atoms with Gasteiger partial charge in [-0.05, 0) is 44.1 Å². The molecule has 5 heteroatoms. The minimum atomic E-state index is -0.0916. The van der Waals surface area contributed by atoms with Crippen LogP contribution >= 0.6 is 25.5 Å². The Morgan fingerprint density at radius 3 is 1.10 bits per heavy atom. The first-order chi connectivity index (χ1) is 13.4. The van der Waals surface area contributed by atoms with Gasteiger partial charge in [0, 0.05) is 0 Å². The molecule has 1 aromatic carbocycles. The van der Waals surface area contributed by atoms with E-state index in [0.717, 1.165) is 0 Å². The Morgan fingerprint density at radius 1 is 0.667 bits per heavy atom.